The number of halogens is 2. The molecule has 1 atom stereocenters. The molecule has 0 radical (unpaired) electrons. The summed E-state index contributed by atoms with van der Waals surface area (Å²) in [5.41, 5.74) is 0.124. The molecule has 1 rings (SSSR count). The van der Waals surface area contributed by atoms with E-state index < -0.39 is 17.7 Å². The number of benzene rings is 1. The Bertz CT molecular complexity index is 276. The number of hydrogen-bond donors (Lipinski definition) is 1. The van der Waals surface area contributed by atoms with E-state index in [4.69, 9.17) is 5.26 Å². The molecule has 0 amide bonds. The van der Waals surface area contributed by atoms with Crippen LogP contribution in [0.2, 0.25) is 0 Å². The monoisotopic (exact) mass is 174 g/mol. The van der Waals surface area contributed by atoms with Gasteiger partial charge in [0.15, 0.2) is 0 Å². The lowest BCUT2D eigenvalue weighted by Crippen LogP contribution is -1.99. The van der Waals surface area contributed by atoms with Gasteiger partial charge in [0.2, 0.25) is 0 Å². The molecule has 0 bridgehead atoms. The van der Waals surface area contributed by atoms with Crippen LogP contribution in [0.3, 0.4) is 0 Å². The maximum atomic E-state index is 12.9. The summed E-state index contributed by atoms with van der Waals surface area (Å²) in [6.07, 6.45) is -0.786. The van der Waals surface area contributed by atoms with Crippen LogP contribution in [0.1, 0.15) is 18.6 Å². The van der Waals surface area contributed by atoms with Crippen molar-refractivity contribution >= 4 is 0 Å². The molecule has 0 saturated carbocycles. The van der Waals surface area contributed by atoms with Gasteiger partial charge in [-0.15, -0.1) is 0 Å². The third kappa shape index (κ3) is 1.78. The van der Waals surface area contributed by atoms with Crippen molar-refractivity contribution in [2.24, 2.45) is 0 Å². The van der Waals surface area contributed by atoms with Crippen molar-refractivity contribution in [3.63, 3.8) is 0 Å². The van der Waals surface area contributed by atoms with E-state index in [2.05, 4.69) is 4.89 Å². The zero-order valence-electron chi connectivity index (χ0n) is 6.42. The van der Waals surface area contributed by atoms with Crippen LogP contribution in [0, 0.1) is 11.6 Å². The number of hydrogen-bond acceptors (Lipinski definition) is 2. The summed E-state index contributed by atoms with van der Waals surface area (Å²) in [4.78, 5) is 3.89. The summed E-state index contributed by atoms with van der Waals surface area (Å²) >= 11 is 0. The minimum Gasteiger partial charge on any atom is -0.251 e. The Balaban J connectivity index is 3.01. The van der Waals surface area contributed by atoms with E-state index in [9.17, 15) is 8.78 Å². The fourth-order valence-electron chi connectivity index (χ4n) is 0.888. The Labute approximate surface area is 68.3 Å². The van der Waals surface area contributed by atoms with E-state index in [-0.39, 0.29) is 5.56 Å². The Kier molecular flexibility index (Phi) is 2.73. The molecule has 0 fully saturated rings. The predicted molar refractivity (Wildman–Crippen MR) is 38.5 cm³/mol. The van der Waals surface area contributed by atoms with Crippen molar-refractivity contribution in [3.05, 3.63) is 35.4 Å². The highest BCUT2D eigenvalue weighted by Gasteiger charge is 2.11. The summed E-state index contributed by atoms with van der Waals surface area (Å²) in [6, 6.07) is 3.07. The summed E-state index contributed by atoms with van der Waals surface area (Å²) in [7, 11) is 0. The van der Waals surface area contributed by atoms with Gasteiger partial charge in [0.05, 0.1) is 0 Å². The van der Waals surface area contributed by atoms with Gasteiger partial charge in [-0.1, -0.05) is 6.07 Å². The first kappa shape index (κ1) is 9.09. The van der Waals surface area contributed by atoms with Crippen molar-refractivity contribution < 1.29 is 18.9 Å². The second-order valence-corrected chi connectivity index (χ2v) is 2.41. The average Bonchev–Trinajstić information content (AvgIpc) is 2.03. The molecule has 1 aromatic rings. The normalized spacial score (nSPS) is 13.0. The second kappa shape index (κ2) is 3.60. The minimum absolute atomic E-state index is 0.124. The van der Waals surface area contributed by atoms with Gasteiger partial charge in [0, 0.05) is 11.6 Å². The largest absolute Gasteiger partial charge is 0.251 e. The topological polar surface area (TPSA) is 29.5 Å². The van der Waals surface area contributed by atoms with Crippen LogP contribution >= 0.6 is 0 Å². The minimum atomic E-state index is -0.786. The third-order valence-corrected chi connectivity index (χ3v) is 1.56. The maximum absolute atomic E-state index is 12.9. The summed E-state index contributed by atoms with van der Waals surface area (Å²) in [5, 5.41) is 8.22. The molecule has 1 aromatic carbocycles. The van der Waals surface area contributed by atoms with Gasteiger partial charge in [0.25, 0.3) is 0 Å². The predicted octanol–water partition coefficient (Wildman–Crippen LogP) is 2.52. The fourth-order valence-corrected chi connectivity index (χ4v) is 0.888. The molecule has 0 aromatic heterocycles. The van der Waals surface area contributed by atoms with E-state index in [0.29, 0.717) is 0 Å². The Morgan fingerprint density at radius 1 is 1.42 bits per heavy atom. The molecule has 0 saturated heterocycles. The van der Waals surface area contributed by atoms with Crippen LogP contribution in [-0.4, -0.2) is 5.26 Å². The smallest absolute Gasteiger partial charge is 0.132 e. The molecule has 0 unspecified atom stereocenters. The molecule has 2 nitrogen and oxygen atoms in total. The van der Waals surface area contributed by atoms with E-state index in [1.165, 1.54) is 13.0 Å². The van der Waals surface area contributed by atoms with Crippen LogP contribution in [0.5, 0.6) is 0 Å². The van der Waals surface area contributed by atoms with E-state index in [1.54, 1.807) is 0 Å². The lowest BCUT2D eigenvalue weighted by molar-refractivity contribution is -0.277. The first-order valence-corrected chi connectivity index (χ1v) is 3.40. The standard InChI is InChI=1S/C8H8F2O2/c1-5(12-11)7-3-2-6(9)4-8(7)10/h2-5,11H,1H3/t5-/m1/s1. The van der Waals surface area contributed by atoms with Crippen LogP contribution in [0.4, 0.5) is 8.78 Å². The summed E-state index contributed by atoms with van der Waals surface area (Å²) in [5.74, 6) is -1.38. The Morgan fingerprint density at radius 2 is 2.08 bits per heavy atom. The number of rotatable bonds is 2. The van der Waals surface area contributed by atoms with Gasteiger partial charge in [0.1, 0.15) is 17.7 Å². The highest BCUT2D eigenvalue weighted by Crippen LogP contribution is 2.19. The van der Waals surface area contributed by atoms with Crippen LogP contribution < -0.4 is 0 Å². The molecule has 0 aliphatic heterocycles. The molecular weight excluding hydrogens is 166 g/mol. The molecular formula is C8H8F2O2. The first-order valence-electron chi connectivity index (χ1n) is 3.40. The van der Waals surface area contributed by atoms with Crippen molar-refractivity contribution in [1.82, 2.24) is 0 Å². The maximum Gasteiger partial charge on any atom is 0.132 e. The lowest BCUT2D eigenvalue weighted by Gasteiger charge is -2.07. The van der Waals surface area contributed by atoms with Gasteiger partial charge in [-0.25, -0.2) is 13.7 Å². The SMILES string of the molecule is C[C@@H](OO)c1ccc(F)cc1F. The Hall–Kier alpha value is -1.00. The molecule has 0 aliphatic carbocycles. The quantitative estimate of drug-likeness (QED) is 0.551. The fraction of sp³-hybridized carbons (Fsp3) is 0.250. The lowest BCUT2D eigenvalue weighted by atomic mass is 10.1. The van der Waals surface area contributed by atoms with Gasteiger partial charge < -0.3 is 0 Å². The van der Waals surface area contributed by atoms with Crippen LogP contribution in [-0.2, 0) is 4.89 Å². The Morgan fingerprint density at radius 3 is 2.58 bits per heavy atom. The molecule has 0 aliphatic rings. The second-order valence-electron chi connectivity index (χ2n) is 2.41. The van der Waals surface area contributed by atoms with Gasteiger partial charge in [-0.05, 0) is 13.0 Å². The third-order valence-electron chi connectivity index (χ3n) is 1.56. The molecule has 0 spiro atoms. The molecule has 66 valence electrons. The zero-order chi connectivity index (χ0) is 9.14. The van der Waals surface area contributed by atoms with Crippen LogP contribution in [0.15, 0.2) is 18.2 Å². The highest BCUT2D eigenvalue weighted by molar-refractivity contribution is 5.20. The van der Waals surface area contributed by atoms with E-state index in [1.807, 2.05) is 0 Å². The highest BCUT2D eigenvalue weighted by atomic mass is 19.1. The first-order chi connectivity index (χ1) is 5.65. The average molecular weight is 174 g/mol. The van der Waals surface area contributed by atoms with Crippen molar-refractivity contribution in [2.75, 3.05) is 0 Å². The van der Waals surface area contributed by atoms with E-state index >= 15 is 0 Å². The summed E-state index contributed by atoms with van der Waals surface area (Å²) < 4.78 is 25.2. The molecule has 0 heterocycles. The van der Waals surface area contributed by atoms with Crippen molar-refractivity contribution in [1.29, 1.82) is 0 Å². The molecule has 4 heteroatoms. The van der Waals surface area contributed by atoms with Crippen molar-refractivity contribution in [3.8, 4) is 0 Å². The van der Waals surface area contributed by atoms with E-state index in [0.717, 1.165) is 12.1 Å². The van der Waals surface area contributed by atoms with Gasteiger partial charge in [-0.3, -0.25) is 5.26 Å². The van der Waals surface area contributed by atoms with Gasteiger partial charge in [-0.2, -0.15) is 0 Å². The zero-order valence-corrected chi connectivity index (χ0v) is 6.42. The molecule has 1 N–H and O–H groups in total. The summed E-state index contributed by atoms with van der Waals surface area (Å²) in [6.45, 7) is 1.45. The van der Waals surface area contributed by atoms with Crippen molar-refractivity contribution in [2.45, 2.75) is 13.0 Å². The molecule has 12 heavy (non-hydrogen) atoms. The van der Waals surface area contributed by atoms with Crippen LogP contribution in [0.25, 0.3) is 0 Å². The van der Waals surface area contributed by atoms with Gasteiger partial charge >= 0.3 is 0 Å².